The van der Waals surface area contributed by atoms with Gasteiger partial charge in [0.1, 0.15) is 0 Å². The van der Waals surface area contributed by atoms with Crippen molar-refractivity contribution < 1.29 is 4.79 Å². The number of aromatic nitrogens is 4. The third-order valence-corrected chi connectivity index (χ3v) is 4.07. The summed E-state index contributed by atoms with van der Waals surface area (Å²) in [5, 5.41) is 14.6. The normalized spacial score (nSPS) is 15.6. The lowest BCUT2D eigenvalue weighted by atomic mass is 10.2. The zero-order chi connectivity index (χ0) is 13.5. The molecule has 6 nitrogen and oxygen atoms in total. The Bertz CT molecular complexity index is 428. The third kappa shape index (κ3) is 4.05. The minimum atomic E-state index is 0.0183. The largest absolute Gasteiger partial charge is 0.352 e. The number of hydrogen-bond acceptors (Lipinski definition) is 5. The number of hydrogen-bond donors (Lipinski definition) is 1. The molecule has 0 saturated heterocycles. The molecule has 19 heavy (non-hydrogen) atoms. The molecule has 1 fully saturated rings. The average Bonchev–Trinajstić information content (AvgIpc) is 3.06. The molecule has 0 spiro atoms. The molecule has 0 unspecified atom stereocenters. The summed E-state index contributed by atoms with van der Waals surface area (Å²) in [6.07, 6.45) is 6.48. The molecule has 2 rings (SSSR count). The van der Waals surface area contributed by atoms with Gasteiger partial charge in [-0.25, -0.2) is 4.68 Å². The first-order valence-corrected chi connectivity index (χ1v) is 7.69. The van der Waals surface area contributed by atoms with E-state index in [4.69, 9.17) is 0 Å². The molecule has 1 aromatic heterocycles. The van der Waals surface area contributed by atoms with Crippen molar-refractivity contribution in [2.75, 3.05) is 12.3 Å². The fourth-order valence-electron chi connectivity index (χ4n) is 2.21. The van der Waals surface area contributed by atoms with Crippen molar-refractivity contribution in [2.24, 2.45) is 0 Å². The Morgan fingerprint density at radius 2 is 2.32 bits per heavy atom. The van der Waals surface area contributed by atoms with Crippen LogP contribution < -0.4 is 5.32 Å². The Labute approximate surface area is 117 Å². The summed E-state index contributed by atoms with van der Waals surface area (Å²) in [4.78, 5) is 11.4. The summed E-state index contributed by atoms with van der Waals surface area (Å²) >= 11 is 1.53. The van der Waals surface area contributed by atoms with Gasteiger partial charge in [0.2, 0.25) is 5.91 Å². The maximum Gasteiger partial charge on any atom is 0.230 e. The van der Waals surface area contributed by atoms with Gasteiger partial charge in [-0.2, -0.15) is 0 Å². The van der Waals surface area contributed by atoms with Gasteiger partial charge in [-0.1, -0.05) is 18.9 Å². The lowest BCUT2D eigenvalue weighted by molar-refractivity contribution is -0.118. The third-order valence-electron chi connectivity index (χ3n) is 3.14. The van der Waals surface area contributed by atoms with Gasteiger partial charge in [0.05, 0.1) is 17.5 Å². The zero-order valence-electron chi connectivity index (χ0n) is 10.9. The lowest BCUT2D eigenvalue weighted by Crippen LogP contribution is -2.25. The van der Waals surface area contributed by atoms with Crippen LogP contribution in [0.1, 0.15) is 37.5 Å². The van der Waals surface area contributed by atoms with Crippen LogP contribution in [0.15, 0.2) is 12.7 Å². The van der Waals surface area contributed by atoms with Gasteiger partial charge < -0.3 is 5.32 Å². The zero-order valence-corrected chi connectivity index (χ0v) is 11.7. The standard InChI is InChI=1S/C12H19N5OS/c1-2-7-13-12(18)9-19-8-11-14-15-16-17(11)10-5-3-4-6-10/h2,10H,1,3-9H2,(H,13,18). The monoisotopic (exact) mass is 281 g/mol. The summed E-state index contributed by atoms with van der Waals surface area (Å²) in [5.41, 5.74) is 0. The summed E-state index contributed by atoms with van der Waals surface area (Å²) in [5.74, 6) is 1.98. The first-order chi connectivity index (χ1) is 9.31. The Hall–Kier alpha value is -1.37. The highest BCUT2D eigenvalue weighted by atomic mass is 32.2. The van der Waals surface area contributed by atoms with Gasteiger partial charge >= 0.3 is 0 Å². The molecule has 0 radical (unpaired) electrons. The van der Waals surface area contributed by atoms with Crippen molar-refractivity contribution in [2.45, 2.75) is 37.5 Å². The molecule has 1 saturated carbocycles. The van der Waals surface area contributed by atoms with Crippen LogP contribution in [0.25, 0.3) is 0 Å². The fraction of sp³-hybridized carbons (Fsp3) is 0.667. The van der Waals surface area contributed by atoms with Crippen molar-refractivity contribution in [3.05, 3.63) is 18.5 Å². The molecular formula is C12H19N5OS. The van der Waals surface area contributed by atoms with Gasteiger partial charge in [-0.05, 0) is 23.3 Å². The topological polar surface area (TPSA) is 72.7 Å². The minimum absolute atomic E-state index is 0.0183. The summed E-state index contributed by atoms with van der Waals surface area (Å²) in [6.45, 7) is 4.07. The van der Waals surface area contributed by atoms with E-state index in [2.05, 4.69) is 27.4 Å². The van der Waals surface area contributed by atoms with Crippen LogP contribution in [-0.2, 0) is 10.5 Å². The Kier molecular flexibility index (Phi) is 5.38. The van der Waals surface area contributed by atoms with Crippen molar-refractivity contribution >= 4 is 17.7 Å². The fourth-order valence-corrected chi connectivity index (χ4v) is 2.97. The van der Waals surface area contributed by atoms with Crippen LogP contribution in [0.4, 0.5) is 0 Å². The summed E-state index contributed by atoms with van der Waals surface area (Å²) in [7, 11) is 0. The molecule has 1 aromatic rings. The highest BCUT2D eigenvalue weighted by molar-refractivity contribution is 7.99. The van der Waals surface area contributed by atoms with Gasteiger partial charge in [0.25, 0.3) is 0 Å². The molecule has 0 atom stereocenters. The molecule has 1 aliphatic rings. The molecule has 0 aliphatic heterocycles. The molecule has 7 heteroatoms. The highest BCUT2D eigenvalue weighted by Crippen LogP contribution is 2.29. The quantitative estimate of drug-likeness (QED) is 0.763. The number of carbonyl (C=O) groups excluding carboxylic acids is 1. The molecule has 1 aliphatic carbocycles. The second-order valence-corrected chi connectivity index (χ2v) is 5.55. The van der Waals surface area contributed by atoms with Gasteiger partial charge in [0, 0.05) is 6.54 Å². The van der Waals surface area contributed by atoms with Crippen LogP contribution >= 0.6 is 11.8 Å². The van der Waals surface area contributed by atoms with Gasteiger partial charge in [0.15, 0.2) is 5.82 Å². The molecule has 1 N–H and O–H groups in total. The van der Waals surface area contributed by atoms with E-state index in [9.17, 15) is 4.79 Å². The SMILES string of the molecule is C=CCNC(=O)CSCc1nnnn1C1CCCC1. The maximum atomic E-state index is 11.4. The van der Waals surface area contributed by atoms with E-state index >= 15 is 0 Å². The first kappa shape index (κ1) is 14.0. The first-order valence-electron chi connectivity index (χ1n) is 6.53. The number of amides is 1. The van der Waals surface area contributed by atoms with Crippen molar-refractivity contribution in [1.82, 2.24) is 25.5 Å². The number of thioether (sulfide) groups is 1. The second kappa shape index (κ2) is 7.28. The molecule has 104 valence electrons. The van der Waals surface area contributed by atoms with Crippen molar-refractivity contribution in [3.63, 3.8) is 0 Å². The number of tetrazole rings is 1. The Morgan fingerprint density at radius 3 is 3.05 bits per heavy atom. The Morgan fingerprint density at radius 1 is 1.53 bits per heavy atom. The van der Waals surface area contributed by atoms with E-state index in [0.717, 1.165) is 18.7 Å². The van der Waals surface area contributed by atoms with Gasteiger partial charge in [-0.15, -0.1) is 23.4 Å². The van der Waals surface area contributed by atoms with Crippen LogP contribution in [-0.4, -0.2) is 38.4 Å². The average molecular weight is 281 g/mol. The Balaban J connectivity index is 1.78. The van der Waals surface area contributed by atoms with Crippen LogP contribution in [0, 0.1) is 0 Å². The highest BCUT2D eigenvalue weighted by Gasteiger charge is 2.21. The van der Waals surface area contributed by atoms with E-state index in [1.807, 2.05) is 4.68 Å². The molecular weight excluding hydrogens is 262 g/mol. The molecule has 1 heterocycles. The summed E-state index contributed by atoms with van der Waals surface area (Å²) in [6, 6.07) is 0.445. The second-order valence-electron chi connectivity index (χ2n) is 4.56. The predicted molar refractivity (Wildman–Crippen MR) is 74.7 cm³/mol. The van der Waals surface area contributed by atoms with Gasteiger partial charge in [-0.3, -0.25) is 4.79 Å². The van der Waals surface area contributed by atoms with Crippen LogP contribution in [0.5, 0.6) is 0 Å². The molecule has 0 bridgehead atoms. The van der Waals surface area contributed by atoms with Crippen LogP contribution in [0.3, 0.4) is 0 Å². The van der Waals surface area contributed by atoms with E-state index in [0.29, 0.717) is 24.1 Å². The number of nitrogens with zero attached hydrogens (tertiary/aromatic N) is 4. The predicted octanol–water partition coefficient (Wildman–Crippen LogP) is 1.32. The van der Waals surface area contributed by atoms with E-state index in [1.54, 1.807) is 6.08 Å². The van der Waals surface area contributed by atoms with Crippen molar-refractivity contribution in [3.8, 4) is 0 Å². The number of rotatable bonds is 7. The maximum absolute atomic E-state index is 11.4. The smallest absolute Gasteiger partial charge is 0.230 e. The van der Waals surface area contributed by atoms with Crippen LogP contribution in [0.2, 0.25) is 0 Å². The number of nitrogens with one attached hydrogen (secondary N) is 1. The van der Waals surface area contributed by atoms with E-state index in [1.165, 1.54) is 24.6 Å². The lowest BCUT2D eigenvalue weighted by Gasteiger charge is -2.10. The molecule has 0 aromatic carbocycles. The van der Waals surface area contributed by atoms with E-state index in [-0.39, 0.29) is 5.91 Å². The molecule has 1 amide bonds. The number of carbonyl (C=O) groups is 1. The summed E-state index contributed by atoms with van der Waals surface area (Å²) < 4.78 is 1.93. The van der Waals surface area contributed by atoms with Crippen molar-refractivity contribution in [1.29, 1.82) is 0 Å². The minimum Gasteiger partial charge on any atom is -0.352 e. The van der Waals surface area contributed by atoms with E-state index < -0.39 is 0 Å².